The molecule has 1 aromatic heterocycles. The second-order valence-electron chi connectivity index (χ2n) is 16.7. The molecule has 0 spiro atoms. The maximum Gasteiger partial charge on any atom is 0.305 e. The molecular formula is C56H84N8O7. The number of rotatable bonds is 21. The number of nitrogens with zero attached hydrogens (tertiary/aromatic N) is 8. The molecule has 15 heteroatoms. The highest BCUT2D eigenvalue weighted by Crippen LogP contribution is 2.19. The van der Waals surface area contributed by atoms with Crippen LogP contribution >= 0.6 is 0 Å². The quantitative estimate of drug-likeness (QED) is 0.0437. The van der Waals surface area contributed by atoms with Crippen molar-refractivity contribution >= 4 is 40.1 Å². The number of hydrogen-bond donors (Lipinski definition) is 6. The molecule has 0 aliphatic carbocycles. The Labute approximate surface area is 424 Å². The van der Waals surface area contributed by atoms with E-state index < -0.39 is 5.97 Å². The van der Waals surface area contributed by atoms with Crippen molar-refractivity contribution in [2.75, 3.05) is 145 Å². The Hall–Kier alpha value is -6.62. The van der Waals surface area contributed by atoms with E-state index in [1.165, 1.54) is 28.3 Å². The van der Waals surface area contributed by atoms with E-state index in [-0.39, 0.29) is 39.5 Å². The number of para-hydroxylation sites is 3. The maximum absolute atomic E-state index is 10.3. The molecule has 0 radical (unpaired) electrons. The number of aliphatic hydroxyl groups excluding tert-OH is 5. The molecule has 71 heavy (non-hydrogen) atoms. The summed E-state index contributed by atoms with van der Waals surface area (Å²) in [5.74, 6) is -0.761. The van der Waals surface area contributed by atoms with Gasteiger partial charge in [0.15, 0.2) is 0 Å². The summed E-state index contributed by atoms with van der Waals surface area (Å²) in [7, 11) is 16.0. The number of likely N-dealkylation sites (N-methyl/N-ethyl adjacent to an activating group) is 1. The van der Waals surface area contributed by atoms with Crippen LogP contribution in [0.5, 0.6) is 0 Å². The minimum Gasteiger partial charge on any atom is -0.481 e. The van der Waals surface area contributed by atoms with Gasteiger partial charge in [0, 0.05) is 155 Å². The molecule has 0 aliphatic heterocycles. The Kier molecular flexibility index (Phi) is 34.4. The SMILES string of the molecule is CN(C)c1ccc(CCO)cc1.CN(C)c1ccc(N(C)CCCO)cc1.CN(CCC(=O)O)c1ccccc1.CN(CCCO)c1ccccc1.CN(CCO)c1ccccc1.OCCn1ccnc1. The van der Waals surface area contributed by atoms with E-state index in [0.29, 0.717) is 19.6 Å². The molecular weight excluding hydrogens is 897 g/mol. The molecule has 0 atom stereocenters. The second kappa shape index (κ2) is 39.1. The molecule has 0 unspecified atom stereocenters. The number of benzene rings is 5. The molecule has 390 valence electrons. The van der Waals surface area contributed by atoms with Crippen molar-refractivity contribution in [3.63, 3.8) is 0 Å². The Morgan fingerprint density at radius 2 is 0.831 bits per heavy atom. The average Bonchev–Trinajstić information content (AvgIpc) is 3.92. The van der Waals surface area contributed by atoms with Gasteiger partial charge in [-0.15, -0.1) is 0 Å². The Balaban J connectivity index is 0.000000429. The first-order valence-electron chi connectivity index (χ1n) is 24.0. The van der Waals surface area contributed by atoms with E-state index in [2.05, 4.69) is 73.1 Å². The van der Waals surface area contributed by atoms with Crippen LogP contribution in [-0.4, -0.2) is 162 Å². The standard InChI is InChI=1S/C12H20N2O.C10H13NO2.2C10H15NO.C9H13NO.C5H8N2O/c1-13(2)11-5-7-12(8-6-11)14(3)9-4-10-15;1-11(8-7-10(12)13)9-5-3-2-4-6-9;1-11(2)10-5-3-9(4-6-10)7-8-12;1-11(8-5-9-12)10-6-3-2-4-7-10;1-10(7-8-11)9-5-3-2-4-6-9;8-4-3-7-2-1-6-5-7/h5-8,15H,4,9-10H2,1-3H3;2-6H,7-8H2,1H3,(H,12,13);3-6,12H,7-8H2,1-2H3;2-4,6-7,12H,5,8-9H2,1H3;2-6,11H,7-8H2,1H3;1-2,5,8H,3-4H2. The molecule has 0 amide bonds. The first-order valence-corrected chi connectivity index (χ1v) is 24.0. The van der Waals surface area contributed by atoms with Crippen molar-refractivity contribution in [1.29, 1.82) is 0 Å². The Bertz CT molecular complexity index is 2120. The van der Waals surface area contributed by atoms with E-state index in [9.17, 15) is 4.79 Å². The molecule has 5 aromatic carbocycles. The lowest BCUT2D eigenvalue weighted by atomic mass is 10.1. The van der Waals surface area contributed by atoms with Crippen molar-refractivity contribution in [1.82, 2.24) is 9.55 Å². The molecule has 6 rings (SSSR count). The van der Waals surface area contributed by atoms with E-state index >= 15 is 0 Å². The number of anilines is 6. The predicted molar refractivity (Wildman–Crippen MR) is 297 cm³/mol. The van der Waals surface area contributed by atoms with Gasteiger partial charge in [0.1, 0.15) is 0 Å². The third kappa shape index (κ3) is 29.2. The van der Waals surface area contributed by atoms with Crippen molar-refractivity contribution in [3.05, 3.63) is 164 Å². The van der Waals surface area contributed by atoms with Gasteiger partial charge in [-0.2, -0.15) is 0 Å². The van der Waals surface area contributed by atoms with Crippen LogP contribution in [0.4, 0.5) is 34.1 Å². The summed E-state index contributed by atoms with van der Waals surface area (Å²) in [4.78, 5) is 26.5. The topological polar surface area (TPSA) is 176 Å². The number of imidazole rings is 1. The monoisotopic (exact) mass is 981 g/mol. The predicted octanol–water partition coefficient (Wildman–Crippen LogP) is 6.95. The van der Waals surface area contributed by atoms with Gasteiger partial charge in [-0.05, 0) is 97.6 Å². The molecule has 6 N–H and O–H groups in total. The summed E-state index contributed by atoms with van der Waals surface area (Å²) < 4.78 is 1.82. The van der Waals surface area contributed by atoms with Crippen LogP contribution in [-0.2, 0) is 17.8 Å². The fourth-order valence-electron chi connectivity index (χ4n) is 6.22. The smallest absolute Gasteiger partial charge is 0.305 e. The van der Waals surface area contributed by atoms with E-state index in [0.717, 1.165) is 43.7 Å². The molecule has 1 heterocycles. The van der Waals surface area contributed by atoms with Crippen LogP contribution in [0.1, 0.15) is 24.8 Å². The zero-order valence-electron chi connectivity index (χ0n) is 43.6. The average molecular weight is 981 g/mol. The van der Waals surface area contributed by atoms with Gasteiger partial charge in [0.05, 0.1) is 26.0 Å². The summed E-state index contributed by atoms with van der Waals surface area (Å²) in [5.41, 5.74) is 8.15. The minimum atomic E-state index is -0.761. The molecule has 0 saturated carbocycles. The largest absolute Gasteiger partial charge is 0.481 e. The van der Waals surface area contributed by atoms with Gasteiger partial charge < -0.3 is 64.6 Å². The fraction of sp³-hybridized carbons (Fsp3) is 0.393. The molecule has 6 aromatic rings. The molecule has 0 aliphatic rings. The minimum absolute atomic E-state index is 0.172. The van der Waals surface area contributed by atoms with E-state index in [4.69, 9.17) is 30.6 Å². The molecule has 0 bridgehead atoms. The van der Waals surface area contributed by atoms with E-state index in [1.807, 2.05) is 168 Å². The van der Waals surface area contributed by atoms with Crippen molar-refractivity contribution in [2.45, 2.75) is 32.2 Å². The van der Waals surface area contributed by atoms with Crippen molar-refractivity contribution in [2.24, 2.45) is 0 Å². The van der Waals surface area contributed by atoms with Gasteiger partial charge in [0.25, 0.3) is 0 Å². The number of hydrogen-bond acceptors (Lipinski definition) is 13. The first-order chi connectivity index (χ1) is 34.2. The highest BCUT2D eigenvalue weighted by molar-refractivity contribution is 5.67. The van der Waals surface area contributed by atoms with Crippen LogP contribution in [0.15, 0.2) is 158 Å². The zero-order chi connectivity index (χ0) is 52.7. The lowest BCUT2D eigenvalue weighted by Crippen LogP contribution is -2.20. The summed E-state index contributed by atoms with van der Waals surface area (Å²) in [6.07, 6.45) is 7.73. The van der Waals surface area contributed by atoms with Crippen molar-refractivity contribution in [3.8, 4) is 0 Å². The number of carboxylic acids is 1. The summed E-state index contributed by atoms with van der Waals surface area (Å²) in [5, 5.41) is 51.6. The van der Waals surface area contributed by atoms with Gasteiger partial charge >= 0.3 is 5.97 Å². The molecule has 0 saturated heterocycles. The first kappa shape index (κ1) is 62.4. The van der Waals surface area contributed by atoms with Gasteiger partial charge in [-0.25, -0.2) is 4.98 Å². The van der Waals surface area contributed by atoms with Gasteiger partial charge in [0.2, 0.25) is 0 Å². The highest BCUT2D eigenvalue weighted by atomic mass is 16.4. The normalized spacial score (nSPS) is 9.82. The third-order valence-corrected chi connectivity index (χ3v) is 10.6. The highest BCUT2D eigenvalue weighted by Gasteiger charge is 2.04. The number of aliphatic carboxylic acids is 1. The van der Waals surface area contributed by atoms with Gasteiger partial charge in [-0.1, -0.05) is 66.7 Å². The summed E-state index contributed by atoms with van der Waals surface area (Å²) in [6, 6.07) is 46.5. The zero-order valence-corrected chi connectivity index (χ0v) is 43.6. The summed E-state index contributed by atoms with van der Waals surface area (Å²) >= 11 is 0. The summed E-state index contributed by atoms with van der Waals surface area (Å²) in [6.45, 7) is 4.77. The molecule has 0 fully saturated rings. The maximum atomic E-state index is 10.3. The van der Waals surface area contributed by atoms with Crippen LogP contribution in [0.25, 0.3) is 0 Å². The lowest BCUT2D eigenvalue weighted by molar-refractivity contribution is -0.136. The van der Waals surface area contributed by atoms with Gasteiger partial charge in [-0.3, -0.25) is 4.79 Å². The van der Waals surface area contributed by atoms with Crippen LogP contribution < -0.4 is 29.4 Å². The number of aliphatic hydroxyl groups is 5. The fourth-order valence-corrected chi connectivity index (χ4v) is 6.22. The second-order valence-corrected chi connectivity index (χ2v) is 16.7. The van der Waals surface area contributed by atoms with Crippen molar-refractivity contribution < 1.29 is 35.4 Å². The Morgan fingerprint density at radius 1 is 0.451 bits per heavy atom. The Morgan fingerprint density at radius 3 is 1.17 bits per heavy atom. The van der Waals surface area contributed by atoms with Crippen LogP contribution in [0.3, 0.4) is 0 Å². The lowest BCUT2D eigenvalue weighted by Gasteiger charge is -2.20. The third-order valence-electron chi connectivity index (χ3n) is 10.6. The van der Waals surface area contributed by atoms with E-state index in [1.54, 1.807) is 12.5 Å². The van der Waals surface area contributed by atoms with Crippen LogP contribution in [0, 0.1) is 0 Å². The molecule has 15 nitrogen and oxygen atoms in total. The van der Waals surface area contributed by atoms with Crippen LogP contribution in [0.2, 0.25) is 0 Å². The number of aromatic nitrogens is 2. The number of carbonyl (C=O) groups is 1. The number of carboxylic acid groups (broad SMARTS) is 1.